The SMILES string of the molecule is O=S(=O)(F)Oc1ccc(C2(c3ccc(OS(=O)(=O)F)cc3)c3cc(Br)ccc3-c3ccc(Br)cc32)cc1. The van der Waals surface area contributed by atoms with E-state index in [1.54, 1.807) is 24.3 Å². The number of halogens is 4. The highest BCUT2D eigenvalue weighted by Crippen LogP contribution is 2.57. The molecule has 0 saturated carbocycles. The zero-order valence-corrected chi connectivity index (χ0v) is 23.2. The first kappa shape index (κ1) is 25.8. The molecule has 0 aliphatic heterocycles. The Morgan fingerprint density at radius 2 is 0.919 bits per heavy atom. The minimum absolute atomic E-state index is 0.208. The first-order valence-corrected chi connectivity index (χ1v) is 14.7. The maximum absolute atomic E-state index is 13.1. The Morgan fingerprint density at radius 1 is 0.568 bits per heavy atom. The first-order valence-electron chi connectivity index (χ1n) is 10.5. The maximum atomic E-state index is 13.1. The number of rotatable bonds is 6. The Hall–Kier alpha value is -2.80. The molecule has 0 atom stereocenters. The van der Waals surface area contributed by atoms with E-state index in [0.717, 1.165) is 31.2 Å². The summed E-state index contributed by atoms with van der Waals surface area (Å²) in [4.78, 5) is 0. The Bertz CT molecular complexity index is 1610. The Morgan fingerprint density at radius 3 is 1.24 bits per heavy atom. The van der Waals surface area contributed by atoms with Gasteiger partial charge < -0.3 is 8.37 Å². The molecule has 6 nitrogen and oxygen atoms in total. The van der Waals surface area contributed by atoms with Gasteiger partial charge in [-0.05, 0) is 81.9 Å². The molecule has 0 unspecified atom stereocenters. The predicted molar refractivity (Wildman–Crippen MR) is 140 cm³/mol. The van der Waals surface area contributed by atoms with Crippen molar-refractivity contribution < 1.29 is 33.0 Å². The van der Waals surface area contributed by atoms with Crippen LogP contribution in [-0.2, 0) is 26.4 Å². The summed E-state index contributed by atoms with van der Waals surface area (Å²) < 4.78 is 80.5. The van der Waals surface area contributed by atoms with E-state index in [0.29, 0.717) is 11.1 Å². The van der Waals surface area contributed by atoms with Crippen molar-refractivity contribution in [3.63, 3.8) is 0 Å². The second-order valence-corrected chi connectivity index (χ2v) is 11.9. The van der Waals surface area contributed by atoms with Crippen molar-refractivity contribution in [2.24, 2.45) is 0 Å². The topological polar surface area (TPSA) is 86.7 Å². The van der Waals surface area contributed by atoms with E-state index < -0.39 is 26.4 Å². The third kappa shape index (κ3) is 4.90. The standard InChI is InChI=1S/C25H14Br2F2O6S2/c26-17-5-11-21-22-12-6-18(27)14-24(22)25(23(21)13-17,15-1-7-19(8-2-15)34-36(28,30)31)16-3-9-20(10-4-16)35-37(29,32)33/h1-14H. The normalized spacial score (nSPS) is 14.1. The van der Waals surface area contributed by atoms with Crippen molar-refractivity contribution in [1.82, 2.24) is 0 Å². The van der Waals surface area contributed by atoms with Gasteiger partial charge in [-0.25, -0.2) is 0 Å². The summed E-state index contributed by atoms with van der Waals surface area (Å²) in [6.07, 6.45) is 0. The van der Waals surface area contributed by atoms with Crippen LogP contribution in [0.5, 0.6) is 11.5 Å². The molecule has 0 aromatic heterocycles. The van der Waals surface area contributed by atoms with E-state index in [9.17, 15) is 24.6 Å². The van der Waals surface area contributed by atoms with Crippen LogP contribution >= 0.6 is 31.9 Å². The first-order chi connectivity index (χ1) is 17.4. The van der Waals surface area contributed by atoms with E-state index in [-0.39, 0.29) is 11.5 Å². The molecule has 37 heavy (non-hydrogen) atoms. The molecule has 0 heterocycles. The summed E-state index contributed by atoms with van der Waals surface area (Å²) in [7, 11) is -10.4. The van der Waals surface area contributed by atoms with Crippen molar-refractivity contribution in [2.75, 3.05) is 0 Å². The van der Waals surface area contributed by atoms with Gasteiger partial charge in [0.25, 0.3) is 0 Å². The molecule has 190 valence electrons. The van der Waals surface area contributed by atoms with Crippen molar-refractivity contribution in [3.8, 4) is 22.6 Å². The fourth-order valence-corrected chi connectivity index (χ4v) is 6.21. The highest BCUT2D eigenvalue weighted by Gasteiger charge is 2.46. The van der Waals surface area contributed by atoms with Crippen LogP contribution in [0.25, 0.3) is 11.1 Å². The number of hydrogen-bond acceptors (Lipinski definition) is 6. The predicted octanol–water partition coefficient (Wildman–Crippen LogP) is 6.76. The molecule has 4 aromatic carbocycles. The van der Waals surface area contributed by atoms with E-state index >= 15 is 0 Å². The largest absolute Gasteiger partial charge is 0.488 e. The fraction of sp³-hybridized carbons (Fsp3) is 0.0400. The minimum atomic E-state index is -5.21. The molecule has 0 N–H and O–H groups in total. The third-order valence-corrected chi connectivity index (χ3v) is 7.80. The van der Waals surface area contributed by atoms with Gasteiger partial charge in [0.05, 0.1) is 5.41 Å². The van der Waals surface area contributed by atoms with Crippen LogP contribution in [0.2, 0.25) is 0 Å². The summed E-state index contributed by atoms with van der Waals surface area (Å²) in [5.41, 5.74) is 3.98. The lowest BCUT2D eigenvalue weighted by molar-refractivity contribution is 0.438. The van der Waals surface area contributed by atoms with Gasteiger partial charge in [-0.1, -0.05) is 76.0 Å². The van der Waals surface area contributed by atoms with Crippen LogP contribution in [-0.4, -0.2) is 16.8 Å². The summed E-state index contributed by atoms with van der Waals surface area (Å²) in [6.45, 7) is 0. The second-order valence-electron chi connectivity index (χ2n) is 8.13. The molecule has 0 bridgehead atoms. The Balaban J connectivity index is 1.81. The molecule has 0 amide bonds. The van der Waals surface area contributed by atoms with Crippen LogP contribution in [0.3, 0.4) is 0 Å². The monoisotopic (exact) mass is 670 g/mol. The van der Waals surface area contributed by atoms with Gasteiger partial charge in [0.15, 0.2) is 0 Å². The lowest BCUT2D eigenvalue weighted by atomic mass is 9.68. The van der Waals surface area contributed by atoms with Gasteiger partial charge >= 0.3 is 21.0 Å². The van der Waals surface area contributed by atoms with Crippen LogP contribution in [0, 0.1) is 0 Å². The van der Waals surface area contributed by atoms with E-state index in [1.807, 2.05) is 36.4 Å². The molecule has 0 radical (unpaired) electrons. The average molecular weight is 672 g/mol. The van der Waals surface area contributed by atoms with Gasteiger partial charge in [-0.15, -0.1) is 0 Å². The van der Waals surface area contributed by atoms with Gasteiger partial charge in [0.1, 0.15) is 11.5 Å². The van der Waals surface area contributed by atoms with Crippen LogP contribution in [0.15, 0.2) is 93.9 Å². The van der Waals surface area contributed by atoms with E-state index in [2.05, 4.69) is 40.2 Å². The van der Waals surface area contributed by atoms with Crippen molar-refractivity contribution in [3.05, 3.63) is 116 Å². The molecule has 0 fully saturated rings. The second kappa shape index (κ2) is 9.19. The molecule has 12 heteroatoms. The van der Waals surface area contributed by atoms with Crippen molar-refractivity contribution >= 4 is 52.9 Å². The van der Waals surface area contributed by atoms with Gasteiger partial charge in [-0.2, -0.15) is 16.8 Å². The van der Waals surface area contributed by atoms with E-state index in [4.69, 9.17) is 0 Å². The highest BCUT2D eigenvalue weighted by atomic mass is 79.9. The average Bonchev–Trinajstić information content (AvgIpc) is 3.07. The zero-order chi connectivity index (χ0) is 26.6. The smallest absolute Gasteiger partial charge is 0.358 e. The number of hydrogen-bond donors (Lipinski definition) is 0. The lowest BCUT2D eigenvalue weighted by Gasteiger charge is -2.34. The highest BCUT2D eigenvalue weighted by molar-refractivity contribution is 9.10. The third-order valence-electron chi connectivity index (χ3n) is 6.03. The molecular weight excluding hydrogens is 658 g/mol. The van der Waals surface area contributed by atoms with Gasteiger partial charge in [-0.3, -0.25) is 0 Å². The van der Waals surface area contributed by atoms with Crippen LogP contribution in [0.1, 0.15) is 22.3 Å². The summed E-state index contributed by atoms with van der Waals surface area (Å²) in [6, 6.07) is 23.5. The molecule has 1 aliphatic rings. The quantitative estimate of drug-likeness (QED) is 0.186. The summed E-state index contributed by atoms with van der Waals surface area (Å²) in [5.74, 6) is -0.416. The van der Waals surface area contributed by atoms with Gasteiger partial charge in [0.2, 0.25) is 0 Å². The van der Waals surface area contributed by atoms with Crippen LogP contribution in [0.4, 0.5) is 7.77 Å². The Kier molecular flexibility index (Phi) is 6.42. The van der Waals surface area contributed by atoms with Gasteiger partial charge in [0, 0.05) is 8.95 Å². The number of benzene rings is 4. The van der Waals surface area contributed by atoms with E-state index in [1.165, 1.54) is 24.3 Å². The fourth-order valence-electron chi connectivity index (χ4n) is 4.81. The van der Waals surface area contributed by atoms with Crippen molar-refractivity contribution in [1.29, 1.82) is 0 Å². The molecule has 0 saturated heterocycles. The Labute approximate surface area is 229 Å². The van der Waals surface area contributed by atoms with Crippen LogP contribution < -0.4 is 8.37 Å². The molecule has 1 aliphatic carbocycles. The minimum Gasteiger partial charge on any atom is -0.358 e. The molecule has 4 aromatic rings. The molecule has 0 spiro atoms. The summed E-state index contributed by atoms with van der Waals surface area (Å²) in [5, 5.41) is 0. The molecule has 5 rings (SSSR count). The van der Waals surface area contributed by atoms with Crippen molar-refractivity contribution in [2.45, 2.75) is 5.41 Å². The zero-order valence-electron chi connectivity index (χ0n) is 18.4. The maximum Gasteiger partial charge on any atom is 0.488 e. The lowest BCUT2D eigenvalue weighted by Crippen LogP contribution is -2.28. The molecular formula is C25H14Br2F2O6S2. The number of fused-ring (bicyclic) bond motifs is 3. The summed E-state index contributed by atoms with van der Waals surface area (Å²) >= 11 is 7.09.